The number of carboxylic acids is 1. The topological polar surface area (TPSA) is 84.2 Å². The summed E-state index contributed by atoms with van der Waals surface area (Å²) < 4.78 is 1.88. The van der Waals surface area contributed by atoms with Crippen LogP contribution in [-0.2, 0) is 11.3 Å². The SMILES string of the molecule is Cc1cc(C)n(Cc2cccc(C(=O)NC3(C(=O)O)CC3)c2)n1. The second-order valence-corrected chi connectivity index (χ2v) is 6.13. The maximum Gasteiger partial charge on any atom is 0.329 e. The van der Waals surface area contributed by atoms with E-state index in [0.717, 1.165) is 17.0 Å². The van der Waals surface area contributed by atoms with E-state index in [-0.39, 0.29) is 5.91 Å². The summed E-state index contributed by atoms with van der Waals surface area (Å²) in [6.45, 7) is 4.50. The third-order valence-corrected chi connectivity index (χ3v) is 4.14. The highest BCUT2D eigenvalue weighted by molar-refractivity contribution is 5.99. The van der Waals surface area contributed by atoms with Crippen molar-refractivity contribution in [3.05, 3.63) is 52.8 Å². The lowest BCUT2D eigenvalue weighted by Crippen LogP contribution is -2.43. The molecule has 0 saturated heterocycles. The second-order valence-electron chi connectivity index (χ2n) is 6.13. The number of aryl methyl sites for hydroxylation is 2. The molecule has 1 aromatic heterocycles. The van der Waals surface area contributed by atoms with E-state index in [1.54, 1.807) is 18.2 Å². The van der Waals surface area contributed by atoms with E-state index < -0.39 is 11.5 Å². The van der Waals surface area contributed by atoms with Crippen LogP contribution in [0.4, 0.5) is 0 Å². The zero-order chi connectivity index (χ0) is 16.6. The molecule has 6 nitrogen and oxygen atoms in total. The van der Waals surface area contributed by atoms with Crippen LogP contribution in [0.3, 0.4) is 0 Å². The van der Waals surface area contributed by atoms with Crippen LogP contribution in [0.25, 0.3) is 0 Å². The van der Waals surface area contributed by atoms with Gasteiger partial charge in [-0.25, -0.2) is 4.79 Å². The lowest BCUT2D eigenvalue weighted by Gasteiger charge is -2.13. The van der Waals surface area contributed by atoms with Crippen LogP contribution >= 0.6 is 0 Å². The lowest BCUT2D eigenvalue weighted by molar-refractivity contribution is -0.140. The molecular formula is C17H19N3O3. The number of nitrogens with zero attached hydrogens (tertiary/aromatic N) is 2. The number of carboxylic acid groups (broad SMARTS) is 1. The van der Waals surface area contributed by atoms with Crippen molar-refractivity contribution >= 4 is 11.9 Å². The summed E-state index contributed by atoms with van der Waals surface area (Å²) in [6, 6.07) is 9.20. The van der Waals surface area contributed by atoms with Crippen LogP contribution in [0.15, 0.2) is 30.3 Å². The second kappa shape index (κ2) is 5.53. The predicted molar refractivity (Wildman–Crippen MR) is 84.3 cm³/mol. The molecule has 0 radical (unpaired) electrons. The van der Waals surface area contributed by atoms with Gasteiger partial charge < -0.3 is 10.4 Å². The summed E-state index contributed by atoms with van der Waals surface area (Å²) in [6.07, 6.45) is 0.971. The van der Waals surface area contributed by atoms with E-state index in [1.165, 1.54) is 0 Å². The van der Waals surface area contributed by atoms with Crippen LogP contribution in [0.2, 0.25) is 0 Å². The molecule has 0 atom stereocenters. The minimum absolute atomic E-state index is 0.347. The Morgan fingerprint density at radius 2 is 2.04 bits per heavy atom. The van der Waals surface area contributed by atoms with Gasteiger partial charge in [0.1, 0.15) is 5.54 Å². The van der Waals surface area contributed by atoms with Gasteiger partial charge in [0, 0.05) is 11.3 Å². The number of amides is 1. The van der Waals surface area contributed by atoms with Gasteiger partial charge in [0.25, 0.3) is 5.91 Å². The molecule has 1 heterocycles. The summed E-state index contributed by atoms with van der Waals surface area (Å²) in [5.41, 5.74) is 2.36. The lowest BCUT2D eigenvalue weighted by atomic mass is 10.1. The van der Waals surface area contributed by atoms with Gasteiger partial charge >= 0.3 is 5.97 Å². The van der Waals surface area contributed by atoms with E-state index in [2.05, 4.69) is 10.4 Å². The van der Waals surface area contributed by atoms with E-state index >= 15 is 0 Å². The highest BCUT2D eigenvalue weighted by Gasteiger charge is 2.51. The van der Waals surface area contributed by atoms with Crippen LogP contribution in [0.5, 0.6) is 0 Å². The third kappa shape index (κ3) is 3.11. The Labute approximate surface area is 134 Å². The normalized spacial score (nSPS) is 15.2. The maximum atomic E-state index is 12.3. The molecule has 1 aliphatic carbocycles. The van der Waals surface area contributed by atoms with Crippen molar-refractivity contribution < 1.29 is 14.7 Å². The average molecular weight is 313 g/mol. The Hall–Kier alpha value is -2.63. The highest BCUT2D eigenvalue weighted by atomic mass is 16.4. The Bertz CT molecular complexity index is 775. The van der Waals surface area contributed by atoms with Crippen LogP contribution in [0.1, 0.15) is 40.2 Å². The zero-order valence-electron chi connectivity index (χ0n) is 13.2. The Morgan fingerprint density at radius 1 is 1.30 bits per heavy atom. The first-order chi connectivity index (χ1) is 10.9. The summed E-state index contributed by atoms with van der Waals surface area (Å²) >= 11 is 0. The Kier molecular flexibility index (Phi) is 3.67. The molecule has 6 heteroatoms. The van der Waals surface area contributed by atoms with Crippen LogP contribution < -0.4 is 5.32 Å². The van der Waals surface area contributed by atoms with Crippen molar-refractivity contribution in [2.24, 2.45) is 0 Å². The number of hydrogen-bond donors (Lipinski definition) is 2. The van der Waals surface area contributed by atoms with E-state index in [0.29, 0.717) is 24.9 Å². The molecular weight excluding hydrogens is 294 g/mol. The molecule has 120 valence electrons. The fourth-order valence-electron chi connectivity index (χ4n) is 2.63. The summed E-state index contributed by atoms with van der Waals surface area (Å²) in [4.78, 5) is 23.5. The molecule has 3 rings (SSSR count). The Balaban J connectivity index is 1.76. The zero-order valence-corrected chi connectivity index (χ0v) is 13.2. The number of rotatable bonds is 5. The molecule has 2 aromatic rings. The molecule has 23 heavy (non-hydrogen) atoms. The summed E-state index contributed by atoms with van der Waals surface area (Å²) in [5, 5.41) is 16.2. The van der Waals surface area contributed by atoms with Gasteiger partial charge in [-0.15, -0.1) is 0 Å². The fourth-order valence-corrected chi connectivity index (χ4v) is 2.63. The molecule has 0 aliphatic heterocycles. The van der Waals surface area contributed by atoms with Gasteiger partial charge in [0.05, 0.1) is 12.2 Å². The fraction of sp³-hybridized carbons (Fsp3) is 0.353. The van der Waals surface area contributed by atoms with Crippen molar-refractivity contribution in [1.82, 2.24) is 15.1 Å². The highest BCUT2D eigenvalue weighted by Crippen LogP contribution is 2.35. The van der Waals surface area contributed by atoms with Gasteiger partial charge in [-0.05, 0) is 50.5 Å². The van der Waals surface area contributed by atoms with Gasteiger partial charge in [-0.2, -0.15) is 5.10 Å². The summed E-state index contributed by atoms with van der Waals surface area (Å²) in [7, 11) is 0. The van der Waals surface area contributed by atoms with E-state index in [4.69, 9.17) is 5.11 Å². The molecule has 2 N–H and O–H groups in total. The molecule has 1 aromatic carbocycles. The van der Waals surface area contributed by atoms with Gasteiger partial charge in [-0.3, -0.25) is 9.48 Å². The third-order valence-electron chi connectivity index (χ3n) is 4.14. The number of nitrogens with one attached hydrogen (secondary N) is 1. The van der Waals surface area contributed by atoms with Gasteiger partial charge in [-0.1, -0.05) is 12.1 Å². The first kappa shape index (κ1) is 15.3. The predicted octanol–water partition coefficient (Wildman–Crippen LogP) is 1.90. The molecule has 1 aliphatic rings. The quantitative estimate of drug-likeness (QED) is 0.883. The van der Waals surface area contributed by atoms with Crippen molar-refractivity contribution in [3.8, 4) is 0 Å². The van der Waals surface area contributed by atoms with Crippen molar-refractivity contribution in [2.75, 3.05) is 0 Å². The molecule has 1 amide bonds. The number of benzene rings is 1. The number of carbonyl (C=O) groups excluding carboxylic acids is 1. The monoisotopic (exact) mass is 313 g/mol. The number of carbonyl (C=O) groups is 2. The first-order valence-corrected chi connectivity index (χ1v) is 7.55. The van der Waals surface area contributed by atoms with Crippen molar-refractivity contribution in [3.63, 3.8) is 0 Å². The standard InChI is InChI=1S/C17H19N3O3/c1-11-8-12(2)20(19-11)10-13-4-3-5-14(9-13)15(21)18-17(6-7-17)16(22)23/h3-5,8-9H,6-7,10H2,1-2H3,(H,18,21)(H,22,23). The maximum absolute atomic E-state index is 12.3. The van der Waals surface area contributed by atoms with E-state index in [1.807, 2.05) is 30.7 Å². The van der Waals surface area contributed by atoms with Gasteiger partial charge in [0.2, 0.25) is 0 Å². The average Bonchev–Trinajstić information content (AvgIpc) is 3.21. The number of aliphatic carboxylic acids is 1. The minimum Gasteiger partial charge on any atom is -0.480 e. The largest absolute Gasteiger partial charge is 0.480 e. The van der Waals surface area contributed by atoms with Crippen LogP contribution in [0, 0.1) is 13.8 Å². The molecule has 0 spiro atoms. The van der Waals surface area contributed by atoms with E-state index in [9.17, 15) is 9.59 Å². The minimum atomic E-state index is -1.07. The van der Waals surface area contributed by atoms with Gasteiger partial charge in [0.15, 0.2) is 0 Å². The molecule has 1 saturated carbocycles. The number of hydrogen-bond acceptors (Lipinski definition) is 3. The van der Waals surface area contributed by atoms with Crippen molar-refractivity contribution in [1.29, 1.82) is 0 Å². The number of aromatic nitrogens is 2. The molecule has 0 bridgehead atoms. The van der Waals surface area contributed by atoms with Crippen molar-refractivity contribution in [2.45, 2.75) is 38.8 Å². The molecule has 1 fully saturated rings. The Morgan fingerprint density at radius 3 is 2.61 bits per heavy atom. The first-order valence-electron chi connectivity index (χ1n) is 7.55. The summed E-state index contributed by atoms with van der Waals surface area (Å²) in [5.74, 6) is -1.32. The smallest absolute Gasteiger partial charge is 0.329 e. The van der Waals surface area contributed by atoms with Crippen LogP contribution in [-0.4, -0.2) is 32.3 Å². The molecule has 0 unspecified atom stereocenters.